The molecule has 7 nitrogen and oxygen atoms in total. The predicted octanol–water partition coefficient (Wildman–Crippen LogP) is -0.267. The molecule has 1 aromatic heterocycles. The number of amides is 1. The lowest BCUT2D eigenvalue weighted by Gasteiger charge is -2.20. The Balaban J connectivity index is 2.79. The first-order valence-electron chi connectivity index (χ1n) is 6.10. The van der Waals surface area contributed by atoms with Crippen LogP contribution in [0.25, 0.3) is 0 Å². The first-order valence-corrected chi connectivity index (χ1v) is 7.58. The molecule has 0 saturated heterocycles. The van der Waals surface area contributed by atoms with Crippen molar-refractivity contribution in [2.24, 2.45) is 5.73 Å². The highest BCUT2D eigenvalue weighted by Gasteiger charge is 2.20. The Morgan fingerprint density at radius 1 is 1.40 bits per heavy atom. The standard InChI is InChI=1S/C12H20N4O3S/c1-12(2,3)16-11(17)8-15-20(18,19)10-5-4-6-14-9(10)7-13/h4-6,15H,7-8,13H2,1-3H3,(H,16,17). The summed E-state index contributed by atoms with van der Waals surface area (Å²) in [5.74, 6) is -0.403. The Hall–Kier alpha value is -1.51. The van der Waals surface area contributed by atoms with E-state index >= 15 is 0 Å². The van der Waals surface area contributed by atoms with E-state index in [2.05, 4.69) is 15.0 Å². The van der Waals surface area contributed by atoms with E-state index in [0.29, 0.717) is 0 Å². The van der Waals surface area contributed by atoms with Crippen molar-refractivity contribution in [3.8, 4) is 0 Å². The lowest BCUT2D eigenvalue weighted by molar-refractivity contribution is -0.121. The van der Waals surface area contributed by atoms with Crippen molar-refractivity contribution < 1.29 is 13.2 Å². The number of hydrogen-bond acceptors (Lipinski definition) is 5. The van der Waals surface area contributed by atoms with Crippen molar-refractivity contribution in [2.45, 2.75) is 37.8 Å². The van der Waals surface area contributed by atoms with Gasteiger partial charge < -0.3 is 11.1 Å². The molecule has 0 radical (unpaired) electrons. The van der Waals surface area contributed by atoms with Gasteiger partial charge >= 0.3 is 0 Å². The lowest BCUT2D eigenvalue weighted by atomic mass is 10.1. The molecule has 0 atom stereocenters. The van der Waals surface area contributed by atoms with Crippen LogP contribution in [-0.4, -0.2) is 31.4 Å². The molecule has 0 aliphatic carbocycles. The number of carbonyl (C=O) groups excluding carboxylic acids is 1. The Morgan fingerprint density at radius 2 is 2.05 bits per heavy atom. The minimum absolute atomic E-state index is 0.00523. The SMILES string of the molecule is CC(C)(C)NC(=O)CNS(=O)(=O)c1cccnc1CN. The van der Waals surface area contributed by atoms with Gasteiger partial charge in [0.2, 0.25) is 15.9 Å². The molecular weight excluding hydrogens is 280 g/mol. The molecule has 1 rings (SSSR count). The van der Waals surface area contributed by atoms with Gasteiger partial charge in [0.15, 0.2) is 0 Å². The highest BCUT2D eigenvalue weighted by molar-refractivity contribution is 7.89. The minimum atomic E-state index is -3.81. The van der Waals surface area contributed by atoms with Crippen molar-refractivity contribution >= 4 is 15.9 Å². The maximum Gasteiger partial charge on any atom is 0.242 e. The van der Waals surface area contributed by atoms with Crippen LogP contribution in [-0.2, 0) is 21.4 Å². The van der Waals surface area contributed by atoms with Crippen LogP contribution < -0.4 is 15.8 Å². The smallest absolute Gasteiger partial charge is 0.242 e. The number of pyridine rings is 1. The third kappa shape index (κ3) is 4.87. The van der Waals surface area contributed by atoms with Gasteiger partial charge in [-0.25, -0.2) is 13.1 Å². The average molecular weight is 300 g/mol. The largest absolute Gasteiger partial charge is 0.350 e. The molecule has 20 heavy (non-hydrogen) atoms. The van der Waals surface area contributed by atoms with Crippen LogP contribution in [0.2, 0.25) is 0 Å². The molecule has 0 fully saturated rings. The van der Waals surface area contributed by atoms with Gasteiger partial charge in [-0.2, -0.15) is 0 Å². The average Bonchev–Trinajstić information content (AvgIpc) is 2.34. The molecule has 1 amide bonds. The Labute approximate surface area is 119 Å². The number of nitrogens with two attached hydrogens (primary N) is 1. The highest BCUT2D eigenvalue weighted by atomic mass is 32.2. The molecular formula is C12H20N4O3S. The Bertz CT molecular complexity index is 579. The van der Waals surface area contributed by atoms with Gasteiger partial charge in [0.1, 0.15) is 4.90 Å². The number of nitrogens with zero attached hydrogens (tertiary/aromatic N) is 1. The molecule has 4 N–H and O–H groups in total. The summed E-state index contributed by atoms with van der Waals surface area (Å²) < 4.78 is 26.4. The van der Waals surface area contributed by atoms with Crippen LogP contribution >= 0.6 is 0 Å². The monoisotopic (exact) mass is 300 g/mol. The predicted molar refractivity (Wildman–Crippen MR) is 75.2 cm³/mol. The van der Waals surface area contributed by atoms with Crippen LogP contribution in [0.1, 0.15) is 26.5 Å². The lowest BCUT2D eigenvalue weighted by Crippen LogP contribution is -2.45. The summed E-state index contributed by atoms with van der Waals surface area (Å²) in [6.07, 6.45) is 1.47. The number of sulfonamides is 1. The number of hydrogen-bond donors (Lipinski definition) is 3. The van der Waals surface area contributed by atoms with Crippen LogP contribution in [0.15, 0.2) is 23.2 Å². The third-order valence-electron chi connectivity index (χ3n) is 2.27. The second-order valence-corrected chi connectivity index (χ2v) is 7.01. The minimum Gasteiger partial charge on any atom is -0.350 e. The topological polar surface area (TPSA) is 114 Å². The molecule has 0 spiro atoms. The molecule has 0 aromatic carbocycles. The molecule has 1 heterocycles. The zero-order valence-corrected chi connectivity index (χ0v) is 12.6. The summed E-state index contributed by atoms with van der Waals surface area (Å²) in [6.45, 7) is 5.11. The van der Waals surface area contributed by atoms with Gasteiger partial charge in [0.25, 0.3) is 0 Å². The van der Waals surface area contributed by atoms with Crippen LogP contribution in [0.5, 0.6) is 0 Å². The van der Waals surface area contributed by atoms with Crippen molar-refractivity contribution in [3.05, 3.63) is 24.0 Å². The number of rotatable bonds is 5. The van der Waals surface area contributed by atoms with E-state index in [4.69, 9.17) is 5.73 Å². The van der Waals surface area contributed by atoms with E-state index in [1.54, 1.807) is 0 Å². The van der Waals surface area contributed by atoms with E-state index in [-0.39, 0.29) is 23.7 Å². The molecule has 112 valence electrons. The number of nitrogens with one attached hydrogen (secondary N) is 2. The summed E-state index contributed by atoms with van der Waals surface area (Å²) in [5, 5.41) is 2.67. The van der Waals surface area contributed by atoms with Crippen LogP contribution in [0.3, 0.4) is 0 Å². The summed E-state index contributed by atoms with van der Waals surface area (Å²) in [6, 6.07) is 2.90. The first-order chi connectivity index (χ1) is 9.15. The van der Waals surface area contributed by atoms with E-state index in [1.165, 1.54) is 18.3 Å². The molecule has 8 heteroatoms. The van der Waals surface area contributed by atoms with Gasteiger partial charge in [-0.15, -0.1) is 0 Å². The molecule has 0 bridgehead atoms. The Kier molecular flexibility index (Phi) is 5.21. The van der Waals surface area contributed by atoms with Gasteiger partial charge in [-0.1, -0.05) is 0 Å². The van der Waals surface area contributed by atoms with Gasteiger partial charge in [-0.05, 0) is 32.9 Å². The van der Waals surface area contributed by atoms with Gasteiger partial charge in [0.05, 0.1) is 12.2 Å². The zero-order chi connectivity index (χ0) is 15.4. The number of carbonyl (C=O) groups is 1. The van der Waals surface area contributed by atoms with Crippen molar-refractivity contribution in [1.29, 1.82) is 0 Å². The summed E-state index contributed by atoms with van der Waals surface area (Å²) in [7, 11) is -3.81. The van der Waals surface area contributed by atoms with Crippen LogP contribution in [0, 0.1) is 0 Å². The summed E-state index contributed by atoms with van der Waals surface area (Å²) in [4.78, 5) is 15.5. The summed E-state index contributed by atoms with van der Waals surface area (Å²) >= 11 is 0. The van der Waals surface area contributed by atoms with E-state index in [0.717, 1.165) is 0 Å². The fraction of sp³-hybridized carbons (Fsp3) is 0.500. The molecule has 0 aliphatic rings. The van der Waals surface area contributed by atoms with Gasteiger partial charge in [0, 0.05) is 18.3 Å². The fourth-order valence-corrected chi connectivity index (χ4v) is 2.70. The second-order valence-electron chi connectivity index (χ2n) is 5.28. The zero-order valence-electron chi connectivity index (χ0n) is 11.8. The van der Waals surface area contributed by atoms with Crippen molar-refractivity contribution in [2.75, 3.05) is 6.54 Å². The molecule has 0 saturated carbocycles. The quantitative estimate of drug-likeness (QED) is 0.693. The van der Waals surface area contributed by atoms with E-state index in [1.807, 2.05) is 20.8 Å². The molecule has 1 aromatic rings. The van der Waals surface area contributed by atoms with Crippen molar-refractivity contribution in [3.63, 3.8) is 0 Å². The van der Waals surface area contributed by atoms with E-state index < -0.39 is 21.5 Å². The highest BCUT2D eigenvalue weighted by Crippen LogP contribution is 2.11. The normalized spacial score (nSPS) is 12.2. The maximum atomic E-state index is 12.1. The maximum absolute atomic E-state index is 12.1. The molecule has 0 aliphatic heterocycles. The van der Waals surface area contributed by atoms with Crippen molar-refractivity contribution in [1.82, 2.24) is 15.0 Å². The summed E-state index contributed by atoms with van der Waals surface area (Å²) in [5.41, 5.74) is 5.30. The van der Waals surface area contributed by atoms with Gasteiger partial charge in [-0.3, -0.25) is 9.78 Å². The van der Waals surface area contributed by atoms with E-state index in [9.17, 15) is 13.2 Å². The number of aromatic nitrogens is 1. The second kappa shape index (κ2) is 6.29. The third-order valence-corrected chi connectivity index (χ3v) is 3.74. The van der Waals surface area contributed by atoms with Crippen LogP contribution in [0.4, 0.5) is 0 Å². The Morgan fingerprint density at radius 3 is 2.60 bits per heavy atom. The fourth-order valence-electron chi connectivity index (χ4n) is 1.52. The first kappa shape index (κ1) is 16.5. The molecule has 0 unspecified atom stereocenters.